The van der Waals surface area contributed by atoms with Gasteiger partial charge in [-0.15, -0.1) is 11.3 Å². The van der Waals surface area contributed by atoms with Crippen molar-refractivity contribution in [2.24, 2.45) is 5.73 Å². The lowest BCUT2D eigenvalue weighted by atomic mass is 10.1. The number of pyridine rings is 1. The third kappa shape index (κ3) is 3.66. The SMILES string of the molecule is Cc1c(Cl)c(OCCNCC=O)nc2sc(C(=O)OC3(C(N)=O)C=C3)c(N)c12. The van der Waals surface area contributed by atoms with Crippen LogP contribution in [-0.2, 0) is 14.3 Å². The molecule has 9 nitrogen and oxygen atoms in total. The van der Waals surface area contributed by atoms with E-state index in [2.05, 4.69) is 10.3 Å². The van der Waals surface area contributed by atoms with E-state index in [0.29, 0.717) is 22.3 Å². The Morgan fingerprint density at radius 2 is 2.14 bits per heavy atom. The van der Waals surface area contributed by atoms with Gasteiger partial charge in [-0.1, -0.05) is 11.6 Å². The first-order chi connectivity index (χ1) is 13.3. The number of aryl methyl sites for hydroxylation is 1. The first-order valence-corrected chi connectivity index (χ1v) is 9.39. The minimum absolute atomic E-state index is 0.0980. The van der Waals surface area contributed by atoms with Gasteiger partial charge in [-0.25, -0.2) is 9.78 Å². The molecule has 0 saturated heterocycles. The topological polar surface area (TPSA) is 147 Å². The molecule has 0 spiro atoms. The molecule has 28 heavy (non-hydrogen) atoms. The van der Waals surface area contributed by atoms with Crippen LogP contribution in [0, 0.1) is 6.92 Å². The molecule has 148 valence electrons. The van der Waals surface area contributed by atoms with Crippen molar-refractivity contribution in [1.29, 1.82) is 0 Å². The summed E-state index contributed by atoms with van der Waals surface area (Å²) in [5, 5.41) is 3.64. The highest BCUT2D eigenvalue weighted by Crippen LogP contribution is 2.41. The summed E-state index contributed by atoms with van der Waals surface area (Å²) in [6.45, 7) is 2.63. The van der Waals surface area contributed by atoms with Gasteiger partial charge in [-0.05, 0) is 24.6 Å². The Bertz CT molecular complexity index is 997. The summed E-state index contributed by atoms with van der Waals surface area (Å²) in [7, 11) is 0. The minimum atomic E-state index is -1.48. The quantitative estimate of drug-likeness (QED) is 0.233. The maximum absolute atomic E-state index is 12.5. The number of aromatic nitrogens is 1. The Balaban J connectivity index is 1.85. The summed E-state index contributed by atoms with van der Waals surface area (Å²) in [6, 6.07) is 0. The minimum Gasteiger partial charge on any atom is -0.475 e. The van der Waals surface area contributed by atoms with Crippen LogP contribution in [0.2, 0.25) is 5.02 Å². The molecule has 2 heterocycles. The molecule has 3 rings (SSSR count). The first kappa shape index (κ1) is 20.1. The van der Waals surface area contributed by atoms with E-state index in [0.717, 1.165) is 17.6 Å². The van der Waals surface area contributed by atoms with Crippen LogP contribution in [0.15, 0.2) is 12.2 Å². The number of primary amides is 1. The Kier molecular flexibility index (Phi) is 5.54. The van der Waals surface area contributed by atoms with Crippen LogP contribution < -0.4 is 21.5 Å². The summed E-state index contributed by atoms with van der Waals surface area (Å²) in [4.78, 5) is 39.0. The molecule has 1 aliphatic carbocycles. The summed E-state index contributed by atoms with van der Waals surface area (Å²) in [6.07, 6.45) is 3.53. The number of nitrogens with two attached hydrogens (primary N) is 2. The molecule has 0 aromatic carbocycles. The molecular weight excluding hydrogens is 408 g/mol. The number of anilines is 1. The molecule has 2 aromatic heterocycles. The average Bonchev–Trinajstić information content (AvgIpc) is 3.36. The summed E-state index contributed by atoms with van der Waals surface area (Å²) in [5.41, 5.74) is 10.6. The lowest BCUT2D eigenvalue weighted by molar-refractivity contribution is -0.127. The lowest BCUT2D eigenvalue weighted by Crippen LogP contribution is -2.36. The van der Waals surface area contributed by atoms with E-state index in [1.807, 2.05) is 0 Å². The largest absolute Gasteiger partial charge is 0.475 e. The van der Waals surface area contributed by atoms with Gasteiger partial charge in [0.1, 0.15) is 27.6 Å². The number of aldehydes is 1. The molecular formula is C17H17ClN4O5S. The van der Waals surface area contributed by atoms with E-state index in [-0.39, 0.29) is 34.6 Å². The van der Waals surface area contributed by atoms with Gasteiger partial charge in [-0.3, -0.25) is 4.79 Å². The van der Waals surface area contributed by atoms with Crippen molar-refractivity contribution in [2.75, 3.05) is 25.4 Å². The monoisotopic (exact) mass is 424 g/mol. The van der Waals surface area contributed by atoms with Crippen molar-refractivity contribution in [3.8, 4) is 5.88 Å². The maximum atomic E-state index is 12.5. The molecule has 0 fully saturated rings. The van der Waals surface area contributed by atoms with Gasteiger partial charge in [0.05, 0.1) is 12.2 Å². The number of nitrogens with zero attached hydrogens (tertiary/aromatic N) is 1. The van der Waals surface area contributed by atoms with Gasteiger partial charge >= 0.3 is 5.97 Å². The number of carbonyl (C=O) groups is 3. The maximum Gasteiger partial charge on any atom is 0.352 e. The number of ether oxygens (including phenoxy) is 2. The highest BCUT2D eigenvalue weighted by molar-refractivity contribution is 7.21. The van der Waals surface area contributed by atoms with Crippen LogP contribution in [0.5, 0.6) is 5.88 Å². The second-order valence-electron chi connectivity index (χ2n) is 5.98. The molecule has 5 N–H and O–H groups in total. The normalized spacial score (nSPS) is 14.1. The number of hydrogen-bond acceptors (Lipinski definition) is 9. The predicted octanol–water partition coefficient (Wildman–Crippen LogP) is 0.958. The Labute approximate surface area is 168 Å². The second kappa shape index (κ2) is 7.74. The van der Waals surface area contributed by atoms with Gasteiger partial charge in [0.2, 0.25) is 11.5 Å². The molecule has 1 amide bonds. The number of nitrogen functional groups attached to an aromatic ring is 1. The number of hydrogen-bond donors (Lipinski definition) is 3. The van der Waals surface area contributed by atoms with E-state index in [9.17, 15) is 14.4 Å². The van der Waals surface area contributed by atoms with Crippen molar-refractivity contribution in [2.45, 2.75) is 12.5 Å². The van der Waals surface area contributed by atoms with Crippen molar-refractivity contribution in [3.05, 3.63) is 27.6 Å². The van der Waals surface area contributed by atoms with Crippen molar-refractivity contribution in [3.63, 3.8) is 0 Å². The fourth-order valence-corrected chi connectivity index (χ4v) is 3.69. The van der Waals surface area contributed by atoms with Gasteiger partial charge in [-0.2, -0.15) is 0 Å². The summed E-state index contributed by atoms with van der Waals surface area (Å²) >= 11 is 7.33. The Morgan fingerprint density at radius 3 is 2.75 bits per heavy atom. The number of rotatable bonds is 9. The zero-order valence-electron chi connectivity index (χ0n) is 14.8. The molecule has 0 atom stereocenters. The molecule has 0 unspecified atom stereocenters. The van der Waals surface area contributed by atoms with Crippen molar-refractivity contribution in [1.82, 2.24) is 10.3 Å². The highest BCUT2D eigenvalue weighted by Gasteiger charge is 2.45. The van der Waals surface area contributed by atoms with E-state index in [1.54, 1.807) is 6.92 Å². The third-order valence-electron chi connectivity index (χ3n) is 4.07. The Morgan fingerprint density at radius 1 is 1.43 bits per heavy atom. The first-order valence-electron chi connectivity index (χ1n) is 8.19. The van der Waals surface area contributed by atoms with Crippen LogP contribution in [0.3, 0.4) is 0 Å². The average molecular weight is 425 g/mol. The van der Waals surface area contributed by atoms with Crippen LogP contribution in [0.1, 0.15) is 15.2 Å². The molecule has 0 saturated carbocycles. The van der Waals surface area contributed by atoms with Gasteiger partial charge in [0.25, 0.3) is 5.91 Å². The van der Waals surface area contributed by atoms with Crippen LogP contribution in [0.4, 0.5) is 5.69 Å². The van der Waals surface area contributed by atoms with Gasteiger partial charge < -0.3 is 31.1 Å². The van der Waals surface area contributed by atoms with Crippen LogP contribution in [0.25, 0.3) is 10.2 Å². The zero-order valence-corrected chi connectivity index (χ0v) is 16.4. The molecule has 0 bridgehead atoms. The predicted molar refractivity (Wildman–Crippen MR) is 105 cm³/mol. The van der Waals surface area contributed by atoms with E-state index < -0.39 is 17.5 Å². The molecule has 0 aliphatic heterocycles. The number of fused-ring (bicyclic) bond motifs is 1. The second-order valence-corrected chi connectivity index (χ2v) is 7.36. The molecule has 0 radical (unpaired) electrons. The smallest absolute Gasteiger partial charge is 0.352 e. The number of halogens is 1. The standard InChI is InChI=1S/C17H17ClN4O5S/c1-8-9-11(19)12(15(24)27-17(2-3-17)16(20)25)28-14(9)22-13(10(8)18)26-7-5-21-4-6-23/h2-3,6,21H,4-5,7,19H2,1H3,(H2,20,25). The van der Waals surface area contributed by atoms with Crippen LogP contribution in [-0.4, -0.2) is 48.4 Å². The van der Waals surface area contributed by atoms with Gasteiger partial charge in [0.15, 0.2) is 0 Å². The van der Waals surface area contributed by atoms with Gasteiger partial charge in [0, 0.05) is 11.9 Å². The highest BCUT2D eigenvalue weighted by atomic mass is 35.5. The number of nitrogens with one attached hydrogen (secondary N) is 1. The van der Waals surface area contributed by atoms with Crippen molar-refractivity contribution >= 4 is 57.0 Å². The number of amides is 1. The van der Waals surface area contributed by atoms with Crippen molar-refractivity contribution < 1.29 is 23.9 Å². The molecule has 1 aliphatic rings. The third-order valence-corrected chi connectivity index (χ3v) is 5.59. The zero-order chi connectivity index (χ0) is 20.5. The Hall–Kier alpha value is -2.69. The molecule has 11 heteroatoms. The van der Waals surface area contributed by atoms with E-state index in [1.165, 1.54) is 12.2 Å². The number of carbonyl (C=O) groups excluding carboxylic acids is 3. The number of thiophene rings is 1. The van der Waals surface area contributed by atoms with E-state index >= 15 is 0 Å². The fraction of sp³-hybridized carbons (Fsp3) is 0.294. The summed E-state index contributed by atoms with van der Waals surface area (Å²) < 4.78 is 10.7. The van der Waals surface area contributed by atoms with Crippen LogP contribution >= 0.6 is 22.9 Å². The fourth-order valence-electron chi connectivity index (χ4n) is 2.47. The molecule has 2 aromatic rings. The number of esters is 1. The van der Waals surface area contributed by atoms with E-state index in [4.69, 9.17) is 32.5 Å². The lowest BCUT2D eigenvalue weighted by Gasteiger charge is -2.12. The summed E-state index contributed by atoms with van der Waals surface area (Å²) in [5.74, 6) is -1.37.